The summed E-state index contributed by atoms with van der Waals surface area (Å²) in [5.41, 5.74) is 2.27. The van der Waals surface area contributed by atoms with Gasteiger partial charge in [-0.05, 0) is 59.4 Å². The lowest BCUT2D eigenvalue weighted by Gasteiger charge is -2.26. The standard InChI is InChI=1S/C14H19N5S/c1-11(16-13-5-7-20-8-6-13)12-3-2-4-14(9-12)19-10-15-17-18-19/h2-4,9-11,13,16H,5-8H2,1H3. The van der Waals surface area contributed by atoms with Crippen LogP contribution in [0.25, 0.3) is 5.69 Å². The molecule has 1 aliphatic rings. The second kappa shape index (κ2) is 6.37. The van der Waals surface area contributed by atoms with E-state index in [9.17, 15) is 0 Å². The van der Waals surface area contributed by atoms with E-state index in [1.165, 1.54) is 29.9 Å². The molecular formula is C14H19N5S. The molecule has 0 radical (unpaired) electrons. The third-order valence-electron chi connectivity index (χ3n) is 3.69. The molecule has 6 heteroatoms. The Morgan fingerprint density at radius 2 is 2.20 bits per heavy atom. The number of nitrogens with one attached hydrogen (secondary N) is 1. The maximum absolute atomic E-state index is 3.93. The van der Waals surface area contributed by atoms with Crippen molar-refractivity contribution in [2.45, 2.75) is 31.8 Å². The molecule has 1 atom stereocenters. The number of thioether (sulfide) groups is 1. The lowest BCUT2D eigenvalue weighted by Crippen LogP contribution is -2.34. The quantitative estimate of drug-likeness (QED) is 0.935. The van der Waals surface area contributed by atoms with Gasteiger partial charge in [-0.3, -0.25) is 0 Å². The fraction of sp³-hybridized carbons (Fsp3) is 0.500. The Morgan fingerprint density at radius 3 is 2.95 bits per heavy atom. The Morgan fingerprint density at radius 1 is 1.35 bits per heavy atom. The molecular weight excluding hydrogens is 270 g/mol. The van der Waals surface area contributed by atoms with E-state index in [0.29, 0.717) is 12.1 Å². The number of aromatic nitrogens is 4. The van der Waals surface area contributed by atoms with Gasteiger partial charge < -0.3 is 5.32 Å². The van der Waals surface area contributed by atoms with Crippen molar-refractivity contribution in [2.75, 3.05) is 11.5 Å². The molecule has 1 unspecified atom stereocenters. The van der Waals surface area contributed by atoms with Crippen LogP contribution in [-0.4, -0.2) is 37.8 Å². The molecule has 0 aliphatic carbocycles. The maximum Gasteiger partial charge on any atom is 0.143 e. The molecule has 106 valence electrons. The van der Waals surface area contributed by atoms with E-state index in [1.807, 2.05) is 6.07 Å². The first-order valence-electron chi connectivity index (χ1n) is 7.00. The lowest BCUT2D eigenvalue weighted by molar-refractivity contribution is 0.431. The second-order valence-electron chi connectivity index (χ2n) is 5.12. The summed E-state index contributed by atoms with van der Waals surface area (Å²) in [7, 11) is 0. The van der Waals surface area contributed by atoms with Crippen molar-refractivity contribution < 1.29 is 0 Å². The molecule has 2 heterocycles. The summed E-state index contributed by atoms with van der Waals surface area (Å²) in [5, 5.41) is 15.0. The van der Waals surface area contributed by atoms with Gasteiger partial charge in [0, 0.05) is 12.1 Å². The molecule has 0 bridgehead atoms. The van der Waals surface area contributed by atoms with Gasteiger partial charge in [0.05, 0.1) is 5.69 Å². The molecule has 0 spiro atoms. The second-order valence-corrected chi connectivity index (χ2v) is 6.35. The minimum absolute atomic E-state index is 0.347. The Labute approximate surface area is 123 Å². The molecule has 0 amide bonds. The Kier molecular flexibility index (Phi) is 4.32. The van der Waals surface area contributed by atoms with Crippen LogP contribution in [0.2, 0.25) is 0 Å². The van der Waals surface area contributed by atoms with Gasteiger partial charge in [0.1, 0.15) is 6.33 Å². The summed E-state index contributed by atoms with van der Waals surface area (Å²) in [6.45, 7) is 2.22. The molecule has 0 saturated carbocycles. The third kappa shape index (κ3) is 3.19. The van der Waals surface area contributed by atoms with Crippen LogP contribution in [-0.2, 0) is 0 Å². The molecule has 1 N–H and O–H groups in total. The molecule has 2 aromatic rings. The molecule has 5 nitrogen and oxygen atoms in total. The van der Waals surface area contributed by atoms with E-state index in [2.05, 4.69) is 57.7 Å². The van der Waals surface area contributed by atoms with E-state index < -0.39 is 0 Å². The molecule has 1 aromatic carbocycles. The molecule has 20 heavy (non-hydrogen) atoms. The number of tetrazole rings is 1. The first-order valence-corrected chi connectivity index (χ1v) is 8.15. The van der Waals surface area contributed by atoms with Gasteiger partial charge in [-0.15, -0.1) is 5.10 Å². The van der Waals surface area contributed by atoms with Gasteiger partial charge in [-0.1, -0.05) is 12.1 Å². The highest BCUT2D eigenvalue weighted by atomic mass is 32.2. The summed E-state index contributed by atoms with van der Waals surface area (Å²) >= 11 is 2.06. The summed E-state index contributed by atoms with van der Waals surface area (Å²) in [5.74, 6) is 2.55. The van der Waals surface area contributed by atoms with Gasteiger partial charge in [0.15, 0.2) is 0 Å². The van der Waals surface area contributed by atoms with Crippen molar-refractivity contribution in [1.29, 1.82) is 0 Å². The predicted octanol–water partition coefficient (Wildman–Crippen LogP) is 2.21. The highest BCUT2D eigenvalue weighted by molar-refractivity contribution is 7.99. The minimum atomic E-state index is 0.347. The first-order chi connectivity index (χ1) is 9.83. The van der Waals surface area contributed by atoms with Crippen molar-refractivity contribution in [3.63, 3.8) is 0 Å². The van der Waals surface area contributed by atoms with Crippen LogP contribution in [0.1, 0.15) is 31.4 Å². The highest BCUT2D eigenvalue weighted by Crippen LogP contribution is 2.22. The van der Waals surface area contributed by atoms with Gasteiger partial charge in [0.2, 0.25) is 0 Å². The Hall–Kier alpha value is -1.40. The average molecular weight is 289 g/mol. The maximum atomic E-state index is 3.93. The SMILES string of the molecule is CC(NC1CCSCC1)c1cccc(-n2cnnn2)c1. The number of hydrogen-bond donors (Lipinski definition) is 1. The van der Waals surface area contributed by atoms with Crippen LogP contribution < -0.4 is 5.32 Å². The zero-order valence-electron chi connectivity index (χ0n) is 11.6. The summed E-state index contributed by atoms with van der Waals surface area (Å²) in [6.07, 6.45) is 4.15. The average Bonchev–Trinajstić information content (AvgIpc) is 3.03. The smallest absolute Gasteiger partial charge is 0.143 e. The number of rotatable bonds is 4. The van der Waals surface area contributed by atoms with E-state index >= 15 is 0 Å². The number of benzene rings is 1. The molecule has 1 saturated heterocycles. The Bertz CT molecular complexity index is 536. The summed E-state index contributed by atoms with van der Waals surface area (Å²) < 4.78 is 1.69. The van der Waals surface area contributed by atoms with Gasteiger partial charge in [-0.25, -0.2) is 4.68 Å². The largest absolute Gasteiger partial charge is 0.307 e. The van der Waals surface area contributed by atoms with Gasteiger partial charge in [-0.2, -0.15) is 11.8 Å². The highest BCUT2D eigenvalue weighted by Gasteiger charge is 2.16. The van der Waals surface area contributed by atoms with Crippen LogP contribution in [0, 0.1) is 0 Å². The van der Waals surface area contributed by atoms with E-state index in [1.54, 1.807) is 11.0 Å². The molecule has 3 rings (SSSR count). The molecule has 1 aromatic heterocycles. The van der Waals surface area contributed by atoms with Crippen molar-refractivity contribution in [1.82, 2.24) is 25.5 Å². The van der Waals surface area contributed by atoms with Crippen LogP contribution in [0.15, 0.2) is 30.6 Å². The van der Waals surface area contributed by atoms with Crippen LogP contribution in [0.4, 0.5) is 0 Å². The number of hydrogen-bond acceptors (Lipinski definition) is 5. The van der Waals surface area contributed by atoms with Gasteiger partial charge in [0.25, 0.3) is 0 Å². The third-order valence-corrected chi connectivity index (χ3v) is 4.74. The van der Waals surface area contributed by atoms with Gasteiger partial charge >= 0.3 is 0 Å². The van der Waals surface area contributed by atoms with Crippen LogP contribution in [0.3, 0.4) is 0 Å². The fourth-order valence-electron chi connectivity index (χ4n) is 2.53. The lowest BCUT2D eigenvalue weighted by atomic mass is 10.0. The normalized spacial score (nSPS) is 18.1. The summed E-state index contributed by atoms with van der Waals surface area (Å²) in [6, 6.07) is 9.36. The summed E-state index contributed by atoms with van der Waals surface area (Å²) in [4.78, 5) is 0. The van der Waals surface area contributed by atoms with E-state index in [0.717, 1.165) is 5.69 Å². The van der Waals surface area contributed by atoms with Crippen LogP contribution in [0.5, 0.6) is 0 Å². The number of nitrogens with zero attached hydrogens (tertiary/aromatic N) is 4. The van der Waals surface area contributed by atoms with Crippen molar-refractivity contribution in [3.05, 3.63) is 36.2 Å². The van der Waals surface area contributed by atoms with Crippen molar-refractivity contribution >= 4 is 11.8 Å². The topological polar surface area (TPSA) is 55.6 Å². The zero-order valence-corrected chi connectivity index (χ0v) is 12.4. The zero-order chi connectivity index (χ0) is 13.8. The van der Waals surface area contributed by atoms with Crippen molar-refractivity contribution in [2.24, 2.45) is 0 Å². The van der Waals surface area contributed by atoms with Crippen LogP contribution >= 0.6 is 11.8 Å². The minimum Gasteiger partial charge on any atom is -0.307 e. The monoisotopic (exact) mass is 289 g/mol. The molecule has 1 fully saturated rings. The predicted molar refractivity (Wildman–Crippen MR) is 81.1 cm³/mol. The van der Waals surface area contributed by atoms with Crippen molar-refractivity contribution in [3.8, 4) is 5.69 Å². The fourth-order valence-corrected chi connectivity index (χ4v) is 3.64. The first kappa shape index (κ1) is 13.6. The molecule has 1 aliphatic heterocycles. The Balaban J connectivity index is 1.71. The van der Waals surface area contributed by atoms with E-state index in [4.69, 9.17) is 0 Å². The van der Waals surface area contributed by atoms with E-state index in [-0.39, 0.29) is 0 Å².